The fourth-order valence-corrected chi connectivity index (χ4v) is 2.72. The maximum atomic E-state index is 13.7. The number of alkyl halides is 3. The van der Waals surface area contributed by atoms with Gasteiger partial charge in [-0.25, -0.2) is 9.97 Å². The second kappa shape index (κ2) is 8.92. The van der Waals surface area contributed by atoms with Crippen LogP contribution in [-0.2, 0) is 4.79 Å². The summed E-state index contributed by atoms with van der Waals surface area (Å²) >= 11 is 0. The van der Waals surface area contributed by atoms with Gasteiger partial charge in [0, 0.05) is 24.5 Å². The Kier molecular flexibility index (Phi) is 6.85. The molecule has 2 rings (SSSR count). The lowest BCUT2D eigenvalue weighted by Crippen LogP contribution is -2.38. The monoisotopic (exact) mass is 394 g/mol. The predicted molar refractivity (Wildman–Crippen MR) is 98.3 cm³/mol. The third-order valence-electron chi connectivity index (χ3n) is 4.08. The van der Waals surface area contributed by atoms with Crippen LogP contribution in [0.5, 0.6) is 0 Å². The van der Waals surface area contributed by atoms with Crippen molar-refractivity contribution in [3.63, 3.8) is 0 Å². The molecule has 2 aromatic rings. The van der Waals surface area contributed by atoms with Gasteiger partial charge >= 0.3 is 6.18 Å². The van der Waals surface area contributed by atoms with Crippen LogP contribution in [0.25, 0.3) is 0 Å². The molecular weight excluding hydrogens is 373 g/mol. The Morgan fingerprint density at radius 3 is 2.43 bits per heavy atom. The zero-order chi connectivity index (χ0) is 20.9. The molecule has 6 nitrogen and oxygen atoms in total. The Labute approximate surface area is 160 Å². The predicted octanol–water partition coefficient (Wildman–Crippen LogP) is 3.12. The number of hydrogen-bond acceptors (Lipinski definition) is 5. The Balaban J connectivity index is 2.12. The van der Waals surface area contributed by atoms with Crippen molar-refractivity contribution >= 4 is 18.1 Å². The molecule has 0 aliphatic heterocycles. The molecule has 1 aromatic carbocycles. The van der Waals surface area contributed by atoms with Crippen LogP contribution >= 0.6 is 0 Å². The van der Waals surface area contributed by atoms with Gasteiger partial charge < -0.3 is 0 Å². The van der Waals surface area contributed by atoms with Crippen LogP contribution in [0.3, 0.4) is 0 Å². The van der Waals surface area contributed by atoms with Gasteiger partial charge in [-0.2, -0.15) is 13.2 Å². The minimum absolute atomic E-state index is 0.0150. The van der Waals surface area contributed by atoms with E-state index in [-0.39, 0.29) is 23.6 Å². The lowest BCUT2D eigenvalue weighted by molar-refractivity contribution is -0.154. The van der Waals surface area contributed by atoms with Gasteiger partial charge in [0.15, 0.2) is 0 Å². The van der Waals surface area contributed by atoms with Crippen LogP contribution in [0.4, 0.5) is 19.1 Å². The molecule has 1 heterocycles. The molecule has 0 aliphatic carbocycles. The number of aryl methyl sites for hydroxylation is 2. The summed E-state index contributed by atoms with van der Waals surface area (Å²) in [6.07, 6.45) is -1.12. The molecule has 1 aromatic heterocycles. The Bertz CT molecular complexity index is 838. The zero-order valence-electron chi connectivity index (χ0n) is 15.7. The molecule has 1 unspecified atom stereocenters. The number of likely N-dealkylation sites (N-methyl/N-ethyl adjacent to an activating group) is 1. The van der Waals surface area contributed by atoms with E-state index in [1.807, 2.05) is 0 Å². The van der Waals surface area contributed by atoms with E-state index < -0.39 is 24.5 Å². The maximum Gasteiger partial charge on any atom is 0.396 e. The normalized spacial score (nSPS) is 12.7. The Morgan fingerprint density at radius 1 is 1.21 bits per heavy atom. The largest absolute Gasteiger partial charge is 0.396 e. The molecule has 9 heteroatoms. The van der Waals surface area contributed by atoms with Crippen LogP contribution in [0.2, 0.25) is 0 Å². The van der Waals surface area contributed by atoms with Crippen molar-refractivity contribution in [2.24, 2.45) is 0 Å². The summed E-state index contributed by atoms with van der Waals surface area (Å²) in [5.41, 5.74) is 1.31. The first-order valence-corrected chi connectivity index (χ1v) is 8.49. The number of carbonyl (C=O) groups is 2. The van der Waals surface area contributed by atoms with Crippen LogP contribution in [-0.4, -0.2) is 53.4 Å². The van der Waals surface area contributed by atoms with Crippen molar-refractivity contribution in [1.82, 2.24) is 14.9 Å². The number of aromatic nitrogens is 2. The van der Waals surface area contributed by atoms with Crippen molar-refractivity contribution in [3.05, 3.63) is 52.8 Å². The Morgan fingerprint density at radius 2 is 1.86 bits per heavy atom. The van der Waals surface area contributed by atoms with E-state index in [1.54, 1.807) is 19.9 Å². The second-order valence-corrected chi connectivity index (χ2v) is 6.67. The third-order valence-corrected chi connectivity index (χ3v) is 4.08. The first kappa shape index (κ1) is 21.5. The summed E-state index contributed by atoms with van der Waals surface area (Å²) in [5.74, 6) is -2.36. The highest BCUT2D eigenvalue weighted by Crippen LogP contribution is 2.37. The van der Waals surface area contributed by atoms with Gasteiger partial charge in [-0.3, -0.25) is 19.8 Å². The number of halogens is 3. The molecule has 0 fully saturated rings. The topological polar surface area (TPSA) is 75.2 Å². The molecule has 150 valence electrons. The van der Waals surface area contributed by atoms with Crippen LogP contribution in [0.1, 0.15) is 33.0 Å². The fraction of sp³-hybridized carbons (Fsp3) is 0.368. The molecule has 1 N–H and O–H groups in total. The summed E-state index contributed by atoms with van der Waals surface area (Å²) in [6, 6.07) is 4.31. The first-order valence-electron chi connectivity index (χ1n) is 8.49. The van der Waals surface area contributed by atoms with Gasteiger partial charge in [-0.1, -0.05) is 23.8 Å². The van der Waals surface area contributed by atoms with E-state index in [0.717, 1.165) is 5.56 Å². The average Bonchev–Trinajstić information content (AvgIpc) is 2.60. The average molecular weight is 394 g/mol. The molecule has 28 heavy (non-hydrogen) atoms. The number of rotatable bonds is 7. The van der Waals surface area contributed by atoms with E-state index in [0.29, 0.717) is 11.8 Å². The molecule has 0 saturated carbocycles. The van der Waals surface area contributed by atoms with E-state index >= 15 is 0 Å². The number of amides is 1. The molecule has 0 spiro atoms. The van der Waals surface area contributed by atoms with Gasteiger partial charge in [0.2, 0.25) is 11.9 Å². The van der Waals surface area contributed by atoms with E-state index in [4.69, 9.17) is 0 Å². The quantitative estimate of drug-likeness (QED) is 0.731. The van der Waals surface area contributed by atoms with E-state index in [9.17, 15) is 22.8 Å². The van der Waals surface area contributed by atoms with Gasteiger partial charge in [0.05, 0.1) is 12.5 Å². The van der Waals surface area contributed by atoms with Crippen LogP contribution in [0, 0.1) is 13.8 Å². The van der Waals surface area contributed by atoms with E-state index in [2.05, 4.69) is 15.3 Å². The number of benzene rings is 1. The maximum absolute atomic E-state index is 13.7. The van der Waals surface area contributed by atoms with Crippen molar-refractivity contribution in [1.29, 1.82) is 0 Å². The standard InChI is InChI=1S/C19H21F3N4O2/c1-12-4-5-14(11-27)15(6-12)16(19(20,21)22)9-26(3)10-17(28)25-18-23-7-13(2)8-24-18/h4-8,11,16H,9-10H2,1-3H3,(H,23,24,25,28). The molecule has 0 aliphatic rings. The number of nitrogens with one attached hydrogen (secondary N) is 1. The summed E-state index contributed by atoms with van der Waals surface area (Å²) < 4.78 is 41.0. The fourth-order valence-electron chi connectivity index (χ4n) is 2.72. The molecule has 0 radical (unpaired) electrons. The molecular formula is C19H21F3N4O2. The van der Waals surface area contributed by atoms with Crippen molar-refractivity contribution in [2.75, 3.05) is 25.5 Å². The SMILES string of the molecule is Cc1cnc(NC(=O)CN(C)CC(c2cc(C)ccc2C=O)C(F)(F)F)nc1. The summed E-state index contributed by atoms with van der Waals surface area (Å²) in [5, 5.41) is 2.44. The lowest BCUT2D eigenvalue weighted by atomic mass is 9.92. The molecule has 0 bridgehead atoms. The lowest BCUT2D eigenvalue weighted by Gasteiger charge is -2.27. The van der Waals surface area contributed by atoms with Crippen molar-refractivity contribution in [3.8, 4) is 0 Å². The van der Waals surface area contributed by atoms with Crippen molar-refractivity contribution in [2.45, 2.75) is 25.9 Å². The first-order chi connectivity index (χ1) is 13.1. The highest BCUT2D eigenvalue weighted by molar-refractivity contribution is 5.90. The molecule has 1 atom stereocenters. The second-order valence-electron chi connectivity index (χ2n) is 6.67. The number of carbonyl (C=O) groups excluding carboxylic acids is 2. The minimum atomic E-state index is -4.57. The van der Waals surface area contributed by atoms with Gasteiger partial charge in [0.1, 0.15) is 6.29 Å². The van der Waals surface area contributed by atoms with Crippen molar-refractivity contribution < 1.29 is 22.8 Å². The minimum Gasteiger partial charge on any atom is -0.298 e. The van der Waals surface area contributed by atoms with Crippen LogP contribution in [0.15, 0.2) is 30.6 Å². The Hall–Kier alpha value is -2.81. The summed E-state index contributed by atoms with van der Waals surface area (Å²) in [4.78, 5) is 32.4. The zero-order valence-corrected chi connectivity index (χ0v) is 15.7. The highest BCUT2D eigenvalue weighted by atomic mass is 19.4. The third kappa shape index (κ3) is 5.85. The van der Waals surface area contributed by atoms with Gasteiger partial charge in [0.25, 0.3) is 0 Å². The summed E-state index contributed by atoms with van der Waals surface area (Å²) in [7, 11) is 1.41. The smallest absolute Gasteiger partial charge is 0.298 e. The number of anilines is 1. The van der Waals surface area contributed by atoms with Gasteiger partial charge in [-0.15, -0.1) is 0 Å². The van der Waals surface area contributed by atoms with Gasteiger partial charge in [-0.05, 0) is 32.0 Å². The number of hydrogen-bond donors (Lipinski definition) is 1. The highest BCUT2D eigenvalue weighted by Gasteiger charge is 2.42. The number of nitrogens with zero attached hydrogens (tertiary/aromatic N) is 3. The molecule has 1 amide bonds. The summed E-state index contributed by atoms with van der Waals surface area (Å²) in [6.45, 7) is 2.68. The molecule has 0 saturated heterocycles. The van der Waals surface area contributed by atoms with Crippen LogP contribution < -0.4 is 5.32 Å². The van der Waals surface area contributed by atoms with E-state index in [1.165, 1.54) is 36.5 Å². The number of aldehydes is 1.